The highest BCUT2D eigenvalue weighted by Gasteiger charge is 2.19. The normalized spacial score (nSPS) is 16.1. The number of aromatic nitrogens is 5. The summed E-state index contributed by atoms with van der Waals surface area (Å²) < 4.78 is 12.5. The van der Waals surface area contributed by atoms with Gasteiger partial charge in [0.1, 0.15) is 5.75 Å². The molecule has 1 N–H and O–H groups in total. The predicted octanol–water partition coefficient (Wildman–Crippen LogP) is 2.72. The fraction of sp³-hybridized carbons (Fsp3) is 0.389. The van der Waals surface area contributed by atoms with Crippen LogP contribution in [0.25, 0.3) is 11.3 Å². The number of hydrogen-bond donors (Lipinski definition) is 1. The number of amides is 1. The first-order valence-corrected chi connectivity index (χ1v) is 11.0. The molecule has 1 aliphatic rings. The summed E-state index contributed by atoms with van der Waals surface area (Å²) >= 11 is 2.68. The molecule has 9 nitrogen and oxygen atoms in total. The lowest BCUT2D eigenvalue weighted by Crippen LogP contribution is -2.18. The summed E-state index contributed by atoms with van der Waals surface area (Å²) in [5.41, 5.74) is 1.77. The monoisotopic (exact) mass is 432 g/mol. The Kier molecular flexibility index (Phi) is 6.37. The number of anilines is 1. The first-order chi connectivity index (χ1) is 14.2. The Labute approximate surface area is 175 Å². The molecule has 0 aliphatic carbocycles. The number of thiazole rings is 1. The van der Waals surface area contributed by atoms with Crippen molar-refractivity contribution >= 4 is 34.1 Å². The van der Waals surface area contributed by atoms with Gasteiger partial charge in [-0.15, -0.1) is 16.4 Å². The number of thioether (sulfide) groups is 1. The zero-order chi connectivity index (χ0) is 20.1. The fourth-order valence-corrected chi connectivity index (χ4v) is 4.33. The van der Waals surface area contributed by atoms with Crippen molar-refractivity contribution in [2.24, 2.45) is 0 Å². The average Bonchev–Trinajstić information content (AvgIpc) is 3.50. The summed E-state index contributed by atoms with van der Waals surface area (Å²) in [5, 5.41) is 17.6. The molecule has 0 unspecified atom stereocenters. The smallest absolute Gasteiger partial charge is 0.236 e. The highest BCUT2D eigenvalue weighted by atomic mass is 32.2. The molecule has 0 bridgehead atoms. The Hall–Kier alpha value is -2.50. The number of carbonyl (C=O) groups excluding carboxylic acids is 1. The van der Waals surface area contributed by atoms with Crippen molar-refractivity contribution in [3.05, 3.63) is 29.6 Å². The van der Waals surface area contributed by atoms with Crippen LogP contribution in [0.2, 0.25) is 0 Å². The van der Waals surface area contributed by atoms with Crippen LogP contribution in [0.3, 0.4) is 0 Å². The van der Waals surface area contributed by atoms with Crippen molar-refractivity contribution in [3.8, 4) is 17.0 Å². The molecule has 2 aromatic heterocycles. The second-order valence-electron chi connectivity index (χ2n) is 6.38. The maximum absolute atomic E-state index is 12.3. The fourth-order valence-electron chi connectivity index (χ4n) is 2.91. The van der Waals surface area contributed by atoms with Crippen LogP contribution in [-0.2, 0) is 16.1 Å². The Morgan fingerprint density at radius 1 is 1.41 bits per heavy atom. The van der Waals surface area contributed by atoms with Gasteiger partial charge in [0, 0.05) is 17.6 Å². The van der Waals surface area contributed by atoms with Crippen molar-refractivity contribution < 1.29 is 14.3 Å². The lowest BCUT2D eigenvalue weighted by molar-refractivity contribution is -0.113. The number of ether oxygens (including phenoxy) is 2. The summed E-state index contributed by atoms with van der Waals surface area (Å²) in [6.45, 7) is 1.39. The third-order valence-electron chi connectivity index (χ3n) is 4.37. The highest BCUT2D eigenvalue weighted by Crippen LogP contribution is 2.27. The van der Waals surface area contributed by atoms with Gasteiger partial charge in [-0.2, -0.15) is 0 Å². The summed E-state index contributed by atoms with van der Waals surface area (Å²) in [6, 6.07) is 7.63. The van der Waals surface area contributed by atoms with Crippen LogP contribution in [-0.4, -0.2) is 56.7 Å². The van der Waals surface area contributed by atoms with Gasteiger partial charge in [-0.05, 0) is 47.5 Å². The van der Waals surface area contributed by atoms with E-state index in [4.69, 9.17) is 9.47 Å². The van der Waals surface area contributed by atoms with E-state index >= 15 is 0 Å². The van der Waals surface area contributed by atoms with E-state index in [1.165, 1.54) is 23.1 Å². The third kappa shape index (κ3) is 5.11. The van der Waals surface area contributed by atoms with E-state index in [0.717, 1.165) is 36.5 Å². The van der Waals surface area contributed by atoms with E-state index in [1.807, 2.05) is 29.6 Å². The van der Waals surface area contributed by atoms with Crippen LogP contribution in [0.1, 0.15) is 12.8 Å². The molecule has 1 fully saturated rings. The van der Waals surface area contributed by atoms with Gasteiger partial charge < -0.3 is 14.8 Å². The Morgan fingerprint density at radius 3 is 3.03 bits per heavy atom. The summed E-state index contributed by atoms with van der Waals surface area (Å²) in [6.07, 6.45) is 2.20. The minimum atomic E-state index is -0.155. The molecular formula is C18H20N6O3S2. The van der Waals surface area contributed by atoms with Crippen LogP contribution < -0.4 is 10.1 Å². The van der Waals surface area contributed by atoms with Gasteiger partial charge in [0.2, 0.25) is 11.1 Å². The molecule has 0 saturated carbocycles. The summed E-state index contributed by atoms with van der Waals surface area (Å²) in [4.78, 5) is 16.8. The zero-order valence-electron chi connectivity index (χ0n) is 15.8. The van der Waals surface area contributed by atoms with E-state index in [2.05, 4.69) is 25.8 Å². The molecule has 1 aromatic carbocycles. The van der Waals surface area contributed by atoms with Crippen LogP contribution in [0.4, 0.5) is 5.13 Å². The number of rotatable bonds is 8. The van der Waals surface area contributed by atoms with Crippen molar-refractivity contribution in [2.45, 2.75) is 30.6 Å². The van der Waals surface area contributed by atoms with Crippen molar-refractivity contribution in [1.29, 1.82) is 0 Å². The van der Waals surface area contributed by atoms with Crippen LogP contribution in [0.5, 0.6) is 5.75 Å². The Morgan fingerprint density at radius 2 is 2.28 bits per heavy atom. The molecule has 1 atom stereocenters. The average molecular weight is 433 g/mol. The van der Waals surface area contributed by atoms with E-state index in [-0.39, 0.29) is 17.8 Å². The van der Waals surface area contributed by atoms with Crippen LogP contribution >= 0.6 is 23.1 Å². The molecular weight excluding hydrogens is 412 g/mol. The SMILES string of the molecule is COc1ccc(-c2csc(NC(=O)CSc3nnnn3C[C@H]3CCCO3)n2)cc1. The van der Waals surface area contributed by atoms with Gasteiger partial charge in [-0.25, -0.2) is 9.67 Å². The van der Waals surface area contributed by atoms with Gasteiger partial charge in [0.05, 0.1) is 31.2 Å². The minimum Gasteiger partial charge on any atom is -0.497 e. The quantitative estimate of drug-likeness (QED) is 0.542. The molecule has 3 aromatic rings. The largest absolute Gasteiger partial charge is 0.497 e. The summed E-state index contributed by atoms with van der Waals surface area (Å²) in [5.74, 6) is 0.831. The molecule has 11 heteroatoms. The molecule has 1 aliphatic heterocycles. The number of tetrazole rings is 1. The topological polar surface area (TPSA) is 104 Å². The van der Waals surface area contributed by atoms with Gasteiger partial charge in [-0.3, -0.25) is 4.79 Å². The number of benzene rings is 1. The molecule has 0 spiro atoms. The highest BCUT2D eigenvalue weighted by molar-refractivity contribution is 7.99. The van der Waals surface area contributed by atoms with Gasteiger partial charge in [-0.1, -0.05) is 11.8 Å². The second-order valence-corrected chi connectivity index (χ2v) is 8.18. The maximum Gasteiger partial charge on any atom is 0.236 e. The van der Waals surface area contributed by atoms with E-state index in [9.17, 15) is 4.79 Å². The number of carbonyl (C=O) groups is 1. The van der Waals surface area contributed by atoms with E-state index in [0.29, 0.717) is 16.8 Å². The van der Waals surface area contributed by atoms with E-state index < -0.39 is 0 Å². The van der Waals surface area contributed by atoms with Crippen LogP contribution in [0.15, 0.2) is 34.8 Å². The minimum absolute atomic E-state index is 0.137. The van der Waals surface area contributed by atoms with Crippen LogP contribution in [0, 0.1) is 0 Å². The zero-order valence-corrected chi connectivity index (χ0v) is 17.4. The Bertz CT molecular complexity index is 953. The number of nitrogens with zero attached hydrogens (tertiary/aromatic N) is 5. The molecule has 1 saturated heterocycles. The second kappa shape index (κ2) is 9.33. The Balaban J connectivity index is 1.30. The molecule has 152 valence electrons. The van der Waals surface area contributed by atoms with Crippen molar-refractivity contribution in [3.63, 3.8) is 0 Å². The molecule has 0 radical (unpaired) electrons. The van der Waals surface area contributed by atoms with Crippen molar-refractivity contribution in [2.75, 3.05) is 24.8 Å². The number of methoxy groups -OCH3 is 1. The molecule has 3 heterocycles. The lowest BCUT2D eigenvalue weighted by Gasteiger charge is -2.09. The molecule has 29 heavy (non-hydrogen) atoms. The number of hydrogen-bond acceptors (Lipinski definition) is 9. The van der Waals surface area contributed by atoms with Gasteiger partial charge in [0.25, 0.3) is 0 Å². The maximum atomic E-state index is 12.3. The first kappa shape index (κ1) is 19.8. The van der Waals surface area contributed by atoms with Crippen molar-refractivity contribution in [1.82, 2.24) is 25.2 Å². The third-order valence-corrected chi connectivity index (χ3v) is 6.08. The molecule has 1 amide bonds. The lowest BCUT2D eigenvalue weighted by atomic mass is 10.2. The standard InChI is InChI=1S/C18H20N6O3S2/c1-26-13-6-4-12(5-7-13)15-10-28-17(19-15)20-16(25)11-29-18-21-22-23-24(18)9-14-3-2-8-27-14/h4-7,10,14H,2-3,8-9,11H2,1H3,(H,19,20,25)/t14-/m1/s1. The van der Waals surface area contributed by atoms with Gasteiger partial charge in [0.15, 0.2) is 5.13 Å². The number of nitrogens with one attached hydrogen (secondary N) is 1. The predicted molar refractivity (Wildman–Crippen MR) is 110 cm³/mol. The van der Waals surface area contributed by atoms with Gasteiger partial charge >= 0.3 is 0 Å². The summed E-state index contributed by atoms with van der Waals surface area (Å²) in [7, 11) is 1.63. The first-order valence-electron chi connectivity index (χ1n) is 9.11. The molecule has 4 rings (SSSR count). The van der Waals surface area contributed by atoms with E-state index in [1.54, 1.807) is 11.8 Å².